The maximum atomic E-state index is 12.5. The fourth-order valence-corrected chi connectivity index (χ4v) is 2.63. The summed E-state index contributed by atoms with van der Waals surface area (Å²) < 4.78 is 0. The van der Waals surface area contributed by atoms with Crippen molar-refractivity contribution in [1.29, 1.82) is 0 Å². The molecule has 3 heteroatoms. The van der Waals surface area contributed by atoms with Crippen molar-refractivity contribution in [2.75, 3.05) is 0 Å². The van der Waals surface area contributed by atoms with Crippen LogP contribution in [0.15, 0.2) is 30.3 Å². The average molecular weight is 261 g/mol. The molecule has 1 aromatic carbocycles. The second kappa shape index (κ2) is 6.20. The summed E-state index contributed by atoms with van der Waals surface area (Å²) in [5.41, 5.74) is 1.08. The van der Waals surface area contributed by atoms with Crippen molar-refractivity contribution in [3.05, 3.63) is 35.9 Å². The van der Waals surface area contributed by atoms with Gasteiger partial charge in [0.25, 0.3) is 0 Å². The van der Waals surface area contributed by atoms with E-state index in [9.17, 15) is 9.90 Å². The lowest BCUT2D eigenvalue weighted by Crippen LogP contribution is -2.48. The highest BCUT2D eigenvalue weighted by Gasteiger charge is 2.32. The quantitative estimate of drug-likeness (QED) is 0.855. The van der Waals surface area contributed by atoms with Gasteiger partial charge in [0, 0.05) is 6.04 Å². The lowest BCUT2D eigenvalue weighted by Gasteiger charge is -2.34. The predicted octanol–water partition coefficient (Wildman–Crippen LogP) is 2.46. The molecule has 1 fully saturated rings. The molecule has 1 aromatic rings. The summed E-state index contributed by atoms with van der Waals surface area (Å²) >= 11 is 0. The van der Waals surface area contributed by atoms with Crippen LogP contribution in [-0.2, 0) is 4.79 Å². The highest BCUT2D eigenvalue weighted by atomic mass is 16.3. The number of carbonyl (C=O) groups excluding carboxylic acids is 1. The molecule has 2 atom stereocenters. The third kappa shape index (κ3) is 3.35. The summed E-state index contributed by atoms with van der Waals surface area (Å²) in [6, 6.07) is 10.1. The summed E-state index contributed by atoms with van der Waals surface area (Å²) in [6.45, 7) is 4.23. The highest BCUT2D eigenvalue weighted by Crippen LogP contribution is 2.28. The molecule has 1 aliphatic rings. The molecule has 1 aliphatic carbocycles. The molecule has 0 radical (unpaired) electrons. The number of amides is 1. The number of carbonyl (C=O) groups is 1. The largest absolute Gasteiger partial charge is 0.393 e. The second-order valence-electron chi connectivity index (χ2n) is 5.60. The van der Waals surface area contributed by atoms with Crippen molar-refractivity contribution in [3.8, 4) is 0 Å². The van der Waals surface area contributed by atoms with Crippen molar-refractivity contribution < 1.29 is 9.90 Å². The van der Waals surface area contributed by atoms with Crippen molar-refractivity contribution in [1.82, 2.24) is 5.32 Å². The van der Waals surface area contributed by atoms with E-state index in [1.807, 2.05) is 30.3 Å². The van der Waals surface area contributed by atoms with E-state index in [4.69, 9.17) is 0 Å². The van der Waals surface area contributed by atoms with Gasteiger partial charge in [-0.15, -0.1) is 0 Å². The zero-order chi connectivity index (χ0) is 13.8. The van der Waals surface area contributed by atoms with Gasteiger partial charge in [-0.3, -0.25) is 4.79 Å². The monoisotopic (exact) mass is 261 g/mol. The lowest BCUT2D eigenvalue weighted by molar-refractivity contribution is -0.125. The Bertz CT molecular complexity index is 412. The topological polar surface area (TPSA) is 49.3 Å². The van der Waals surface area contributed by atoms with Gasteiger partial charge in [0.1, 0.15) is 0 Å². The van der Waals surface area contributed by atoms with Gasteiger partial charge in [-0.05, 0) is 24.3 Å². The van der Waals surface area contributed by atoms with Crippen LogP contribution in [0.3, 0.4) is 0 Å². The van der Waals surface area contributed by atoms with E-state index in [2.05, 4.69) is 19.2 Å². The molecule has 0 aromatic heterocycles. The van der Waals surface area contributed by atoms with Crippen LogP contribution < -0.4 is 5.32 Å². The molecular formula is C16H23NO2. The van der Waals surface area contributed by atoms with E-state index < -0.39 is 0 Å². The first kappa shape index (κ1) is 14.1. The van der Waals surface area contributed by atoms with Gasteiger partial charge in [-0.2, -0.15) is 0 Å². The maximum absolute atomic E-state index is 12.5. The summed E-state index contributed by atoms with van der Waals surface area (Å²) in [7, 11) is 0. The van der Waals surface area contributed by atoms with Gasteiger partial charge >= 0.3 is 0 Å². The van der Waals surface area contributed by atoms with E-state index in [0.29, 0.717) is 18.8 Å². The Balaban J connectivity index is 2.07. The number of hydrogen-bond donors (Lipinski definition) is 2. The van der Waals surface area contributed by atoms with Gasteiger partial charge in [-0.25, -0.2) is 0 Å². The van der Waals surface area contributed by atoms with E-state index in [1.54, 1.807) is 0 Å². The Morgan fingerprint density at radius 1 is 1.37 bits per heavy atom. The predicted molar refractivity (Wildman–Crippen MR) is 75.8 cm³/mol. The lowest BCUT2D eigenvalue weighted by atomic mass is 9.83. The van der Waals surface area contributed by atoms with Crippen LogP contribution in [0.1, 0.15) is 44.6 Å². The third-order valence-corrected chi connectivity index (χ3v) is 4.11. The molecule has 2 rings (SSSR count). The minimum Gasteiger partial charge on any atom is -0.393 e. The van der Waals surface area contributed by atoms with E-state index >= 15 is 0 Å². The van der Waals surface area contributed by atoms with Crippen LogP contribution in [-0.4, -0.2) is 23.2 Å². The van der Waals surface area contributed by atoms with Gasteiger partial charge in [0.15, 0.2) is 0 Å². The molecule has 0 heterocycles. The Hall–Kier alpha value is -1.35. The molecule has 1 amide bonds. The fraction of sp³-hybridized carbons (Fsp3) is 0.562. The highest BCUT2D eigenvalue weighted by molar-refractivity contribution is 5.84. The average Bonchev–Trinajstić information content (AvgIpc) is 2.38. The second-order valence-corrected chi connectivity index (χ2v) is 5.60. The zero-order valence-corrected chi connectivity index (χ0v) is 11.7. The van der Waals surface area contributed by atoms with Crippen molar-refractivity contribution in [2.24, 2.45) is 5.92 Å². The molecule has 0 saturated heterocycles. The van der Waals surface area contributed by atoms with Crippen LogP contribution in [0.5, 0.6) is 0 Å². The van der Waals surface area contributed by atoms with Crippen LogP contribution in [0, 0.1) is 5.92 Å². The van der Waals surface area contributed by atoms with Crippen molar-refractivity contribution in [2.45, 2.75) is 51.2 Å². The number of hydrogen-bond acceptors (Lipinski definition) is 2. The number of aliphatic hydroxyl groups is 1. The molecule has 2 N–H and O–H groups in total. The summed E-state index contributed by atoms with van der Waals surface area (Å²) in [6.07, 6.45) is 2.12. The standard InChI is InChI=1S/C16H23NO2/c1-3-11(2)15(12-7-5-4-6-8-12)16(19)17-13-9-14(18)10-13/h4-8,11,13-15,18H,3,9-10H2,1-2H3,(H,17,19). The Morgan fingerprint density at radius 3 is 2.53 bits per heavy atom. The smallest absolute Gasteiger partial charge is 0.228 e. The van der Waals surface area contributed by atoms with Crippen LogP contribution in [0.25, 0.3) is 0 Å². The molecule has 3 nitrogen and oxygen atoms in total. The molecule has 0 aliphatic heterocycles. The molecule has 1 saturated carbocycles. The summed E-state index contributed by atoms with van der Waals surface area (Å²) in [5.74, 6) is 0.314. The van der Waals surface area contributed by atoms with Gasteiger partial charge in [-0.1, -0.05) is 50.6 Å². The van der Waals surface area contributed by atoms with Gasteiger partial charge in [0.2, 0.25) is 5.91 Å². The van der Waals surface area contributed by atoms with Crippen LogP contribution in [0.2, 0.25) is 0 Å². The summed E-state index contributed by atoms with van der Waals surface area (Å²) in [4.78, 5) is 12.5. The molecule has 2 unspecified atom stereocenters. The van der Waals surface area contributed by atoms with E-state index in [-0.39, 0.29) is 24.0 Å². The van der Waals surface area contributed by atoms with Gasteiger partial charge < -0.3 is 10.4 Å². The normalized spacial score (nSPS) is 25.2. The Kier molecular flexibility index (Phi) is 4.59. The number of benzene rings is 1. The van der Waals surface area contributed by atoms with Gasteiger partial charge in [0.05, 0.1) is 12.0 Å². The molecule has 0 bridgehead atoms. The minimum absolute atomic E-state index is 0.0936. The number of aliphatic hydroxyl groups excluding tert-OH is 1. The zero-order valence-electron chi connectivity index (χ0n) is 11.7. The molecule has 0 spiro atoms. The van der Waals surface area contributed by atoms with Crippen molar-refractivity contribution >= 4 is 5.91 Å². The maximum Gasteiger partial charge on any atom is 0.228 e. The molecule has 19 heavy (non-hydrogen) atoms. The first-order chi connectivity index (χ1) is 9.11. The molecule has 104 valence electrons. The minimum atomic E-state index is -0.232. The van der Waals surface area contributed by atoms with Crippen molar-refractivity contribution in [3.63, 3.8) is 0 Å². The van der Waals surface area contributed by atoms with Crippen LogP contribution >= 0.6 is 0 Å². The number of rotatable bonds is 5. The number of nitrogens with one attached hydrogen (secondary N) is 1. The first-order valence-electron chi connectivity index (χ1n) is 7.15. The van der Waals surface area contributed by atoms with E-state index in [1.165, 1.54) is 0 Å². The van der Waals surface area contributed by atoms with Crippen LogP contribution in [0.4, 0.5) is 0 Å². The Labute approximate surface area is 115 Å². The first-order valence-corrected chi connectivity index (χ1v) is 7.15. The van der Waals surface area contributed by atoms with E-state index in [0.717, 1.165) is 12.0 Å². The summed E-state index contributed by atoms with van der Waals surface area (Å²) in [5, 5.41) is 12.4. The third-order valence-electron chi connectivity index (χ3n) is 4.11. The Morgan fingerprint density at radius 2 is 2.00 bits per heavy atom. The fourth-order valence-electron chi connectivity index (χ4n) is 2.63. The molecular weight excluding hydrogens is 238 g/mol. The SMILES string of the molecule is CCC(C)C(C(=O)NC1CC(O)C1)c1ccccc1.